The van der Waals surface area contributed by atoms with Crippen LogP contribution in [0.2, 0.25) is 0 Å². The number of hydrogen-bond donors (Lipinski definition) is 1. The van der Waals surface area contributed by atoms with Crippen molar-refractivity contribution in [2.24, 2.45) is 5.41 Å². The average molecular weight is 272 g/mol. The van der Waals surface area contributed by atoms with Gasteiger partial charge in [0, 0.05) is 13.1 Å². The van der Waals surface area contributed by atoms with Crippen molar-refractivity contribution in [1.29, 1.82) is 0 Å². The van der Waals surface area contributed by atoms with Crippen LogP contribution in [0.5, 0.6) is 0 Å². The molecule has 1 saturated heterocycles. The first-order chi connectivity index (χ1) is 9.68. The summed E-state index contributed by atoms with van der Waals surface area (Å²) >= 11 is 0. The molecule has 0 saturated carbocycles. The Bertz CT molecular complexity index is 458. The number of nitrogens with zero attached hydrogens (tertiary/aromatic N) is 1. The molecule has 1 aromatic carbocycles. The molecular formula is C18H28N2. The van der Waals surface area contributed by atoms with E-state index < -0.39 is 0 Å². The molecule has 2 nitrogen and oxygen atoms in total. The summed E-state index contributed by atoms with van der Waals surface area (Å²) in [6.45, 7) is 10.6. The quantitative estimate of drug-likeness (QED) is 0.908. The van der Waals surface area contributed by atoms with Gasteiger partial charge in [0.1, 0.15) is 0 Å². The van der Waals surface area contributed by atoms with Crippen LogP contribution in [0, 0.1) is 5.41 Å². The van der Waals surface area contributed by atoms with Gasteiger partial charge < -0.3 is 5.32 Å². The minimum atomic E-state index is 0.594. The number of nitrogens with one attached hydrogen (secondary N) is 1. The number of benzene rings is 1. The Labute approximate surface area is 123 Å². The molecule has 0 bridgehead atoms. The third-order valence-corrected chi connectivity index (χ3v) is 5.48. The van der Waals surface area contributed by atoms with Gasteiger partial charge in [-0.2, -0.15) is 0 Å². The summed E-state index contributed by atoms with van der Waals surface area (Å²) in [6, 6.07) is 7.12. The van der Waals surface area contributed by atoms with Crippen molar-refractivity contribution in [3.63, 3.8) is 0 Å². The Balaban J connectivity index is 1.61. The van der Waals surface area contributed by atoms with E-state index in [1.54, 1.807) is 5.56 Å². The number of likely N-dealkylation sites (tertiary alicyclic amines) is 1. The summed E-state index contributed by atoms with van der Waals surface area (Å²) < 4.78 is 0. The molecule has 0 spiro atoms. The van der Waals surface area contributed by atoms with E-state index in [0.717, 1.165) is 19.6 Å². The Morgan fingerprint density at radius 2 is 2.00 bits per heavy atom. The van der Waals surface area contributed by atoms with Gasteiger partial charge in [-0.25, -0.2) is 0 Å². The van der Waals surface area contributed by atoms with Crippen molar-refractivity contribution < 1.29 is 0 Å². The standard InChI is InChI=1S/C18H28N2/c1-3-18(2)7-10-20(11-8-18)14-15-4-5-16-6-9-19-13-17(16)12-15/h4-5,12,19H,3,6-11,13-14H2,1-2H3. The molecule has 2 heteroatoms. The molecule has 2 aliphatic rings. The molecule has 0 amide bonds. The molecule has 3 rings (SSSR count). The molecule has 2 heterocycles. The highest BCUT2D eigenvalue weighted by Gasteiger charge is 2.28. The SMILES string of the molecule is CCC1(C)CCN(Cc2ccc3c(c2)CNCC3)CC1. The van der Waals surface area contributed by atoms with E-state index in [-0.39, 0.29) is 0 Å². The highest BCUT2D eigenvalue weighted by atomic mass is 15.1. The van der Waals surface area contributed by atoms with Crippen LogP contribution in [-0.4, -0.2) is 24.5 Å². The Morgan fingerprint density at radius 3 is 2.75 bits per heavy atom. The van der Waals surface area contributed by atoms with Gasteiger partial charge in [0.15, 0.2) is 0 Å². The first-order valence-electron chi connectivity index (χ1n) is 8.22. The summed E-state index contributed by atoms with van der Waals surface area (Å²) in [7, 11) is 0. The zero-order valence-corrected chi connectivity index (χ0v) is 13.0. The summed E-state index contributed by atoms with van der Waals surface area (Å²) in [5, 5.41) is 3.48. The van der Waals surface area contributed by atoms with Crippen LogP contribution >= 0.6 is 0 Å². The lowest BCUT2D eigenvalue weighted by Gasteiger charge is -2.39. The van der Waals surface area contributed by atoms with Gasteiger partial charge in [0.05, 0.1) is 0 Å². The molecule has 0 aliphatic carbocycles. The van der Waals surface area contributed by atoms with E-state index in [1.165, 1.54) is 49.9 Å². The van der Waals surface area contributed by atoms with Gasteiger partial charge in [-0.1, -0.05) is 38.5 Å². The van der Waals surface area contributed by atoms with E-state index in [1.807, 2.05) is 0 Å². The van der Waals surface area contributed by atoms with E-state index in [9.17, 15) is 0 Å². The zero-order chi connectivity index (χ0) is 14.0. The van der Waals surface area contributed by atoms with Gasteiger partial charge in [0.2, 0.25) is 0 Å². The van der Waals surface area contributed by atoms with Crippen molar-refractivity contribution in [1.82, 2.24) is 10.2 Å². The van der Waals surface area contributed by atoms with Crippen molar-refractivity contribution in [2.45, 2.75) is 52.6 Å². The topological polar surface area (TPSA) is 15.3 Å². The smallest absolute Gasteiger partial charge is 0.0233 e. The number of piperidine rings is 1. The molecule has 110 valence electrons. The van der Waals surface area contributed by atoms with Crippen LogP contribution in [-0.2, 0) is 19.5 Å². The van der Waals surface area contributed by atoms with Gasteiger partial charge >= 0.3 is 0 Å². The lowest BCUT2D eigenvalue weighted by atomic mass is 9.78. The fourth-order valence-corrected chi connectivity index (χ4v) is 3.49. The molecule has 1 N–H and O–H groups in total. The monoisotopic (exact) mass is 272 g/mol. The average Bonchev–Trinajstić information content (AvgIpc) is 2.50. The molecule has 0 atom stereocenters. The lowest BCUT2D eigenvalue weighted by molar-refractivity contribution is 0.109. The van der Waals surface area contributed by atoms with Crippen LogP contribution in [0.1, 0.15) is 49.8 Å². The van der Waals surface area contributed by atoms with Gasteiger partial charge in [-0.05, 0) is 61.0 Å². The molecule has 0 radical (unpaired) electrons. The maximum Gasteiger partial charge on any atom is 0.0233 e. The third kappa shape index (κ3) is 3.07. The van der Waals surface area contributed by atoms with Crippen LogP contribution in [0.4, 0.5) is 0 Å². The molecule has 0 unspecified atom stereocenters. The molecule has 0 aromatic heterocycles. The van der Waals surface area contributed by atoms with Crippen LogP contribution < -0.4 is 5.32 Å². The van der Waals surface area contributed by atoms with Gasteiger partial charge in [-0.15, -0.1) is 0 Å². The van der Waals surface area contributed by atoms with Crippen LogP contribution in [0.15, 0.2) is 18.2 Å². The second kappa shape index (κ2) is 5.87. The van der Waals surface area contributed by atoms with Crippen LogP contribution in [0.25, 0.3) is 0 Å². The minimum absolute atomic E-state index is 0.594. The second-order valence-corrected chi connectivity index (χ2v) is 6.97. The fraction of sp³-hybridized carbons (Fsp3) is 0.667. The maximum atomic E-state index is 3.48. The maximum absolute atomic E-state index is 3.48. The summed E-state index contributed by atoms with van der Waals surface area (Å²) in [5.41, 5.74) is 5.15. The highest BCUT2D eigenvalue weighted by molar-refractivity contribution is 5.33. The molecule has 1 aromatic rings. The van der Waals surface area contributed by atoms with E-state index in [0.29, 0.717) is 5.41 Å². The normalized spacial score (nSPS) is 22.5. The van der Waals surface area contributed by atoms with E-state index in [4.69, 9.17) is 0 Å². The number of fused-ring (bicyclic) bond motifs is 1. The molecular weight excluding hydrogens is 244 g/mol. The predicted octanol–water partition coefficient (Wildman–Crippen LogP) is 3.34. The molecule has 2 aliphatic heterocycles. The third-order valence-electron chi connectivity index (χ3n) is 5.48. The van der Waals surface area contributed by atoms with Crippen LogP contribution in [0.3, 0.4) is 0 Å². The largest absolute Gasteiger partial charge is 0.312 e. The van der Waals surface area contributed by atoms with E-state index in [2.05, 4.69) is 42.3 Å². The Hall–Kier alpha value is -0.860. The predicted molar refractivity (Wildman–Crippen MR) is 84.8 cm³/mol. The first kappa shape index (κ1) is 14.1. The van der Waals surface area contributed by atoms with Crippen molar-refractivity contribution in [3.8, 4) is 0 Å². The number of hydrogen-bond acceptors (Lipinski definition) is 2. The van der Waals surface area contributed by atoms with Gasteiger partial charge in [-0.3, -0.25) is 4.90 Å². The minimum Gasteiger partial charge on any atom is -0.312 e. The zero-order valence-electron chi connectivity index (χ0n) is 13.0. The summed E-state index contributed by atoms with van der Waals surface area (Å²) in [6.07, 6.45) is 5.23. The van der Waals surface area contributed by atoms with Crippen molar-refractivity contribution in [3.05, 3.63) is 34.9 Å². The number of rotatable bonds is 3. The van der Waals surface area contributed by atoms with E-state index >= 15 is 0 Å². The molecule has 1 fully saturated rings. The molecule has 20 heavy (non-hydrogen) atoms. The fourth-order valence-electron chi connectivity index (χ4n) is 3.49. The second-order valence-electron chi connectivity index (χ2n) is 6.97. The first-order valence-corrected chi connectivity index (χ1v) is 8.22. The van der Waals surface area contributed by atoms with Crippen molar-refractivity contribution in [2.75, 3.05) is 19.6 Å². The highest BCUT2D eigenvalue weighted by Crippen LogP contribution is 2.34. The Kier molecular flexibility index (Phi) is 4.13. The summed E-state index contributed by atoms with van der Waals surface area (Å²) in [4.78, 5) is 2.63. The van der Waals surface area contributed by atoms with Gasteiger partial charge in [0.25, 0.3) is 0 Å². The summed E-state index contributed by atoms with van der Waals surface area (Å²) in [5.74, 6) is 0. The van der Waals surface area contributed by atoms with Crippen molar-refractivity contribution >= 4 is 0 Å². The lowest BCUT2D eigenvalue weighted by Crippen LogP contribution is -2.38. The Morgan fingerprint density at radius 1 is 1.20 bits per heavy atom.